The molecule has 0 saturated carbocycles. The van der Waals surface area contributed by atoms with Crippen molar-refractivity contribution in [1.82, 2.24) is 9.88 Å². The second-order valence-corrected chi connectivity index (χ2v) is 6.15. The van der Waals surface area contributed by atoms with E-state index in [0.29, 0.717) is 10.9 Å². The van der Waals surface area contributed by atoms with Gasteiger partial charge >= 0.3 is 0 Å². The summed E-state index contributed by atoms with van der Waals surface area (Å²) < 4.78 is 0. The molecule has 0 radical (unpaired) electrons. The van der Waals surface area contributed by atoms with Crippen molar-refractivity contribution in [2.75, 3.05) is 31.5 Å². The summed E-state index contributed by atoms with van der Waals surface area (Å²) in [5.74, 6) is 1.39. The van der Waals surface area contributed by atoms with Gasteiger partial charge in [0.15, 0.2) is 0 Å². The first-order chi connectivity index (χ1) is 9.58. The summed E-state index contributed by atoms with van der Waals surface area (Å²) in [7, 11) is 0. The third-order valence-corrected chi connectivity index (χ3v) is 4.00. The molecule has 0 amide bonds. The molecule has 20 heavy (non-hydrogen) atoms. The van der Waals surface area contributed by atoms with Crippen molar-refractivity contribution in [2.45, 2.75) is 26.7 Å². The Morgan fingerprint density at radius 1 is 1.50 bits per heavy atom. The predicted octanol–water partition coefficient (Wildman–Crippen LogP) is 2.17. The molecule has 1 unspecified atom stereocenters. The highest BCUT2D eigenvalue weighted by Gasteiger charge is 2.15. The van der Waals surface area contributed by atoms with Gasteiger partial charge in [0, 0.05) is 19.3 Å². The first-order valence-electron chi connectivity index (χ1n) is 7.29. The van der Waals surface area contributed by atoms with Crippen molar-refractivity contribution in [2.24, 2.45) is 11.7 Å². The normalized spacial score (nSPS) is 17.1. The third-order valence-electron chi connectivity index (χ3n) is 3.79. The number of thiocarbonyl (C=S) groups is 1. The smallest absolute Gasteiger partial charge is 0.136 e. The van der Waals surface area contributed by atoms with Gasteiger partial charge in [0.2, 0.25) is 0 Å². The summed E-state index contributed by atoms with van der Waals surface area (Å²) in [5, 5.41) is 3.40. The number of hydrogen-bond donors (Lipinski definition) is 2. The van der Waals surface area contributed by atoms with Gasteiger partial charge in [0.1, 0.15) is 10.8 Å². The summed E-state index contributed by atoms with van der Waals surface area (Å²) >= 11 is 5.12. The lowest BCUT2D eigenvalue weighted by Gasteiger charge is -2.21. The van der Waals surface area contributed by atoms with E-state index < -0.39 is 0 Å². The minimum absolute atomic E-state index is 0.408. The number of nitrogens with two attached hydrogens (primary N) is 1. The van der Waals surface area contributed by atoms with Gasteiger partial charge in [-0.2, -0.15) is 0 Å². The highest BCUT2D eigenvalue weighted by molar-refractivity contribution is 7.80. The summed E-state index contributed by atoms with van der Waals surface area (Å²) in [4.78, 5) is 7.31. The molecule has 0 spiro atoms. The average molecular weight is 292 g/mol. The Morgan fingerprint density at radius 3 is 2.85 bits per heavy atom. The van der Waals surface area contributed by atoms with E-state index in [4.69, 9.17) is 18.0 Å². The third kappa shape index (κ3) is 3.90. The zero-order valence-corrected chi connectivity index (χ0v) is 13.2. The fourth-order valence-electron chi connectivity index (χ4n) is 2.74. The topological polar surface area (TPSA) is 54.2 Å². The second kappa shape index (κ2) is 6.99. The molecule has 1 aliphatic rings. The quantitative estimate of drug-likeness (QED) is 0.787. The molecule has 4 nitrogen and oxygen atoms in total. The number of nitrogens with zero attached hydrogens (tertiary/aromatic N) is 2. The Bertz CT molecular complexity index is 469. The van der Waals surface area contributed by atoms with E-state index in [1.54, 1.807) is 6.20 Å². The molecule has 0 aliphatic carbocycles. The van der Waals surface area contributed by atoms with Crippen molar-refractivity contribution < 1.29 is 0 Å². The summed E-state index contributed by atoms with van der Waals surface area (Å²) in [6, 6.07) is 1.94. The molecule has 3 N–H and O–H groups in total. The van der Waals surface area contributed by atoms with E-state index in [1.165, 1.54) is 25.9 Å². The molecule has 2 rings (SSSR count). The van der Waals surface area contributed by atoms with Crippen LogP contribution in [-0.4, -0.2) is 41.1 Å². The van der Waals surface area contributed by atoms with Crippen LogP contribution < -0.4 is 11.1 Å². The van der Waals surface area contributed by atoms with Crippen molar-refractivity contribution in [3.63, 3.8) is 0 Å². The maximum atomic E-state index is 5.80. The van der Waals surface area contributed by atoms with Gasteiger partial charge in [-0.05, 0) is 50.4 Å². The van der Waals surface area contributed by atoms with Crippen molar-refractivity contribution in [3.8, 4) is 0 Å². The highest BCUT2D eigenvalue weighted by atomic mass is 32.1. The summed E-state index contributed by atoms with van der Waals surface area (Å²) in [6.45, 7) is 8.79. The van der Waals surface area contributed by atoms with Gasteiger partial charge in [0.05, 0.1) is 5.56 Å². The van der Waals surface area contributed by atoms with Gasteiger partial charge in [-0.3, -0.25) is 0 Å². The molecule has 1 saturated heterocycles. The van der Waals surface area contributed by atoms with E-state index in [2.05, 4.69) is 22.1 Å². The molecule has 1 fully saturated rings. The number of aromatic nitrogens is 1. The SMILES string of the molecule is Cc1ccnc(NCC(C)CN2CCCC2)c1C(N)=S. The van der Waals surface area contributed by atoms with Crippen LogP contribution in [0, 0.1) is 12.8 Å². The molecule has 0 aromatic carbocycles. The number of aryl methyl sites for hydroxylation is 1. The predicted molar refractivity (Wildman–Crippen MR) is 88.2 cm³/mol. The Morgan fingerprint density at radius 2 is 2.20 bits per heavy atom. The van der Waals surface area contributed by atoms with Gasteiger partial charge in [-0.1, -0.05) is 19.1 Å². The molecule has 2 heterocycles. The van der Waals surface area contributed by atoms with Crippen LogP contribution in [0.5, 0.6) is 0 Å². The van der Waals surface area contributed by atoms with Crippen LogP contribution in [0.25, 0.3) is 0 Å². The largest absolute Gasteiger partial charge is 0.389 e. The Labute approximate surface area is 126 Å². The van der Waals surface area contributed by atoms with Crippen LogP contribution >= 0.6 is 12.2 Å². The number of likely N-dealkylation sites (tertiary alicyclic amines) is 1. The van der Waals surface area contributed by atoms with Crippen molar-refractivity contribution in [1.29, 1.82) is 0 Å². The zero-order valence-electron chi connectivity index (χ0n) is 12.4. The molecule has 1 aromatic rings. The molecular formula is C15H24N4S. The van der Waals surface area contributed by atoms with Gasteiger partial charge < -0.3 is 16.0 Å². The van der Waals surface area contributed by atoms with E-state index in [-0.39, 0.29) is 0 Å². The highest BCUT2D eigenvalue weighted by Crippen LogP contribution is 2.17. The molecule has 110 valence electrons. The Hall–Kier alpha value is -1.20. The molecule has 5 heteroatoms. The minimum Gasteiger partial charge on any atom is -0.389 e. The molecule has 1 aromatic heterocycles. The lowest BCUT2D eigenvalue weighted by molar-refractivity contribution is 0.294. The van der Waals surface area contributed by atoms with E-state index >= 15 is 0 Å². The standard InChI is InChI=1S/C15H24N4S/c1-11(10-19-7-3-4-8-19)9-18-15-13(14(16)20)12(2)5-6-17-15/h5-6,11H,3-4,7-10H2,1-2H3,(H2,16,20)(H,17,18). The molecule has 1 aliphatic heterocycles. The number of pyridine rings is 1. The number of rotatable bonds is 6. The van der Waals surface area contributed by atoms with Crippen LogP contribution in [0.1, 0.15) is 30.9 Å². The van der Waals surface area contributed by atoms with Gasteiger partial charge in [0.25, 0.3) is 0 Å². The van der Waals surface area contributed by atoms with Crippen LogP contribution in [0.2, 0.25) is 0 Å². The van der Waals surface area contributed by atoms with Crippen LogP contribution in [0.3, 0.4) is 0 Å². The van der Waals surface area contributed by atoms with Gasteiger partial charge in [-0.25, -0.2) is 4.98 Å². The Balaban J connectivity index is 1.93. The average Bonchev–Trinajstić information content (AvgIpc) is 2.88. The van der Waals surface area contributed by atoms with Crippen molar-refractivity contribution in [3.05, 3.63) is 23.4 Å². The van der Waals surface area contributed by atoms with Crippen LogP contribution in [0.15, 0.2) is 12.3 Å². The first-order valence-corrected chi connectivity index (χ1v) is 7.70. The summed E-state index contributed by atoms with van der Waals surface area (Å²) in [5.41, 5.74) is 7.74. The number of hydrogen-bond acceptors (Lipinski definition) is 4. The second-order valence-electron chi connectivity index (χ2n) is 5.71. The lowest BCUT2D eigenvalue weighted by Crippen LogP contribution is -2.29. The minimum atomic E-state index is 0.408. The maximum Gasteiger partial charge on any atom is 0.136 e. The monoisotopic (exact) mass is 292 g/mol. The van der Waals surface area contributed by atoms with E-state index in [0.717, 1.165) is 30.0 Å². The zero-order chi connectivity index (χ0) is 14.5. The summed E-state index contributed by atoms with van der Waals surface area (Å²) in [6.07, 6.45) is 4.47. The molecule has 0 bridgehead atoms. The van der Waals surface area contributed by atoms with E-state index in [9.17, 15) is 0 Å². The first kappa shape index (κ1) is 15.2. The fraction of sp³-hybridized carbons (Fsp3) is 0.600. The molecule has 1 atom stereocenters. The van der Waals surface area contributed by atoms with E-state index in [1.807, 2.05) is 13.0 Å². The van der Waals surface area contributed by atoms with Crippen LogP contribution in [-0.2, 0) is 0 Å². The number of anilines is 1. The maximum absolute atomic E-state index is 5.80. The molecular weight excluding hydrogens is 268 g/mol. The van der Waals surface area contributed by atoms with Gasteiger partial charge in [-0.15, -0.1) is 0 Å². The lowest BCUT2D eigenvalue weighted by atomic mass is 10.1. The Kier molecular flexibility index (Phi) is 5.31. The van der Waals surface area contributed by atoms with Crippen LogP contribution in [0.4, 0.5) is 5.82 Å². The van der Waals surface area contributed by atoms with Crippen molar-refractivity contribution >= 4 is 23.0 Å². The number of nitrogens with one attached hydrogen (secondary N) is 1. The fourth-order valence-corrected chi connectivity index (χ4v) is 3.00.